The van der Waals surface area contributed by atoms with Crippen molar-refractivity contribution in [3.05, 3.63) is 47.7 Å². The van der Waals surface area contributed by atoms with Gasteiger partial charge in [-0.15, -0.1) is 0 Å². The Bertz CT molecular complexity index is 424. The van der Waals surface area contributed by atoms with Gasteiger partial charge in [-0.2, -0.15) is 0 Å². The van der Waals surface area contributed by atoms with Gasteiger partial charge in [0, 0.05) is 32.6 Å². The molecule has 3 rings (SSSR count). The average Bonchev–Trinajstić information content (AvgIpc) is 2.95. The second-order valence-corrected chi connectivity index (χ2v) is 5.37. The van der Waals surface area contributed by atoms with Crippen LogP contribution < -0.4 is 5.32 Å². The molecule has 1 aromatic rings. The maximum Gasteiger partial charge on any atom is 0.112 e. The van der Waals surface area contributed by atoms with Crippen LogP contribution in [-0.4, -0.2) is 37.2 Å². The van der Waals surface area contributed by atoms with Crippen LogP contribution in [0, 0.1) is 0 Å². The Hall–Kier alpha value is -1.32. The molecule has 102 valence electrons. The van der Waals surface area contributed by atoms with Crippen LogP contribution in [0.2, 0.25) is 0 Å². The summed E-state index contributed by atoms with van der Waals surface area (Å²) in [5.74, 6) is 1.19. The molecule has 2 aliphatic rings. The van der Waals surface area contributed by atoms with E-state index >= 15 is 0 Å². The molecule has 0 aromatic heterocycles. The summed E-state index contributed by atoms with van der Waals surface area (Å²) in [6.45, 7) is 5.24. The van der Waals surface area contributed by atoms with Gasteiger partial charge in [-0.25, -0.2) is 0 Å². The molecule has 0 bridgehead atoms. The van der Waals surface area contributed by atoms with Gasteiger partial charge in [0.25, 0.3) is 0 Å². The molecular weight excluding hydrogens is 236 g/mol. The lowest BCUT2D eigenvalue weighted by Gasteiger charge is -2.27. The fourth-order valence-corrected chi connectivity index (χ4v) is 2.73. The van der Waals surface area contributed by atoms with E-state index in [1.807, 2.05) is 0 Å². The summed E-state index contributed by atoms with van der Waals surface area (Å²) in [4.78, 5) is 2.47. The first-order valence-electron chi connectivity index (χ1n) is 7.23. The maximum absolute atomic E-state index is 6.02. The summed E-state index contributed by atoms with van der Waals surface area (Å²) in [6, 6.07) is 10.7. The Morgan fingerprint density at radius 1 is 1.26 bits per heavy atom. The molecule has 1 N–H and O–H groups in total. The normalized spacial score (nSPS) is 24.2. The number of benzene rings is 1. The fourth-order valence-electron chi connectivity index (χ4n) is 2.73. The van der Waals surface area contributed by atoms with Crippen LogP contribution in [0.25, 0.3) is 0 Å². The van der Waals surface area contributed by atoms with Crippen LogP contribution in [0.15, 0.2) is 42.2 Å². The van der Waals surface area contributed by atoms with Crippen LogP contribution in [-0.2, 0) is 11.3 Å². The zero-order valence-corrected chi connectivity index (χ0v) is 11.3. The van der Waals surface area contributed by atoms with Crippen molar-refractivity contribution in [2.24, 2.45) is 0 Å². The molecule has 1 saturated heterocycles. The van der Waals surface area contributed by atoms with Crippen molar-refractivity contribution in [2.75, 3.05) is 26.2 Å². The van der Waals surface area contributed by atoms with Gasteiger partial charge in [0.1, 0.15) is 6.10 Å². The lowest BCUT2D eigenvalue weighted by molar-refractivity contribution is 0.110. The van der Waals surface area contributed by atoms with Gasteiger partial charge in [-0.05, 0) is 24.6 Å². The van der Waals surface area contributed by atoms with Crippen molar-refractivity contribution < 1.29 is 4.74 Å². The molecule has 3 nitrogen and oxygen atoms in total. The van der Waals surface area contributed by atoms with E-state index in [2.05, 4.69) is 46.6 Å². The van der Waals surface area contributed by atoms with Crippen molar-refractivity contribution in [1.29, 1.82) is 0 Å². The van der Waals surface area contributed by atoms with Crippen LogP contribution in [0.5, 0.6) is 0 Å². The Morgan fingerprint density at radius 3 is 2.84 bits per heavy atom. The topological polar surface area (TPSA) is 24.5 Å². The molecular formula is C16H22N2O. The van der Waals surface area contributed by atoms with Crippen molar-refractivity contribution >= 4 is 0 Å². The number of hydrogen-bond acceptors (Lipinski definition) is 3. The first kappa shape index (κ1) is 12.7. The maximum atomic E-state index is 6.02. The van der Waals surface area contributed by atoms with Crippen LogP contribution in [0.4, 0.5) is 0 Å². The SMILES string of the molecule is C1=C(OC2CCNC2)CCN(Cc2ccccc2)C1. The highest BCUT2D eigenvalue weighted by molar-refractivity contribution is 5.15. The van der Waals surface area contributed by atoms with E-state index < -0.39 is 0 Å². The van der Waals surface area contributed by atoms with Gasteiger partial charge >= 0.3 is 0 Å². The van der Waals surface area contributed by atoms with E-state index in [0.717, 1.165) is 45.6 Å². The predicted molar refractivity (Wildman–Crippen MR) is 76.8 cm³/mol. The minimum atomic E-state index is 0.395. The quantitative estimate of drug-likeness (QED) is 0.895. The minimum Gasteiger partial charge on any atom is -0.494 e. The Balaban J connectivity index is 1.49. The number of rotatable bonds is 4. The number of nitrogens with zero attached hydrogens (tertiary/aromatic N) is 1. The second kappa shape index (κ2) is 6.22. The molecule has 3 heteroatoms. The zero-order chi connectivity index (χ0) is 12.9. The van der Waals surface area contributed by atoms with E-state index in [1.54, 1.807) is 0 Å². The third kappa shape index (κ3) is 3.58. The average molecular weight is 258 g/mol. The number of hydrogen-bond donors (Lipinski definition) is 1. The summed E-state index contributed by atoms with van der Waals surface area (Å²) >= 11 is 0. The van der Waals surface area contributed by atoms with Crippen molar-refractivity contribution in [3.63, 3.8) is 0 Å². The second-order valence-electron chi connectivity index (χ2n) is 5.37. The third-order valence-corrected chi connectivity index (χ3v) is 3.83. The van der Waals surface area contributed by atoms with Crippen molar-refractivity contribution in [1.82, 2.24) is 10.2 Å². The highest BCUT2D eigenvalue weighted by atomic mass is 16.5. The van der Waals surface area contributed by atoms with E-state index in [-0.39, 0.29) is 0 Å². The Kier molecular flexibility index (Phi) is 4.16. The van der Waals surface area contributed by atoms with Crippen LogP contribution >= 0.6 is 0 Å². The van der Waals surface area contributed by atoms with Gasteiger partial charge in [0.15, 0.2) is 0 Å². The first-order chi connectivity index (χ1) is 9.40. The molecule has 19 heavy (non-hydrogen) atoms. The molecule has 2 heterocycles. The molecule has 2 aliphatic heterocycles. The third-order valence-electron chi connectivity index (χ3n) is 3.83. The van der Waals surface area contributed by atoms with Crippen molar-refractivity contribution in [2.45, 2.75) is 25.5 Å². The Morgan fingerprint density at radius 2 is 2.16 bits per heavy atom. The van der Waals surface area contributed by atoms with E-state index in [9.17, 15) is 0 Å². The summed E-state index contributed by atoms with van der Waals surface area (Å²) in [6.07, 6.45) is 4.84. The smallest absolute Gasteiger partial charge is 0.112 e. The van der Waals surface area contributed by atoms with Gasteiger partial charge in [-0.1, -0.05) is 30.3 Å². The molecule has 0 aliphatic carbocycles. The van der Waals surface area contributed by atoms with Gasteiger partial charge in [-0.3, -0.25) is 4.90 Å². The fraction of sp³-hybridized carbons (Fsp3) is 0.500. The van der Waals surface area contributed by atoms with Crippen LogP contribution in [0.3, 0.4) is 0 Å². The van der Waals surface area contributed by atoms with Gasteiger partial charge in [0.05, 0.1) is 5.76 Å². The molecule has 1 atom stereocenters. The molecule has 0 amide bonds. The molecule has 0 spiro atoms. The van der Waals surface area contributed by atoms with E-state index in [4.69, 9.17) is 4.74 Å². The van der Waals surface area contributed by atoms with E-state index in [1.165, 1.54) is 11.3 Å². The monoisotopic (exact) mass is 258 g/mol. The molecule has 1 fully saturated rings. The first-order valence-corrected chi connectivity index (χ1v) is 7.23. The summed E-state index contributed by atoms with van der Waals surface area (Å²) < 4.78 is 6.02. The van der Waals surface area contributed by atoms with Crippen molar-refractivity contribution in [3.8, 4) is 0 Å². The highest BCUT2D eigenvalue weighted by Gasteiger charge is 2.19. The standard InChI is InChI=1S/C16H22N2O/c1-2-4-14(5-3-1)13-18-10-7-15(8-11-18)19-16-6-9-17-12-16/h1-5,7,16-17H,6,8-13H2. The highest BCUT2D eigenvalue weighted by Crippen LogP contribution is 2.18. The molecule has 1 aromatic carbocycles. The lowest BCUT2D eigenvalue weighted by Crippen LogP contribution is -2.29. The summed E-state index contributed by atoms with van der Waals surface area (Å²) in [5.41, 5.74) is 1.39. The van der Waals surface area contributed by atoms with Gasteiger partial charge in [0.2, 0.25) is 0 Å². The van der Waals surface area contributed by atoms with E-state index in [0.29, 0.717) is 6.10 Å². The Labute approximate surface area is 115 Å². The lowest BCUT2D eigenvalue weighted by atomic mass is 10.1. The zero-order valence-electron chi connectivity index (χ0n) is 11.3. The number of ether oxygens (including phenoxy) is 1. The molecule has 0 saturated carbocycles. The summed E-state index contributed by atoms with van der Waals surface area (Å²) in [5, 5.41) is 3.34. The number of nitrogens with one attached hydrogen (secondary N) is 1. The largest absolute Gasteiger partial charge is 0.494 e. The molecule has 1 unspecified atom stereocenters. The predicted octanol–water partition coefficient (Wildman–Crippen LogP) is 2.15. The molecule has 0 radical (unpaired) electrons. The minimum absolute atomic E-state index is 0.395. The summed E-state index contributed by atoms with van der Waals surface area (Å²) in [7, 11) is 0. The van der Waals surface area contributed by atoms with Gasteiger partial charge < -0.3 is 10.1 Å². The van der Waals surface area contributed by atoms with Crippen LogP contribution in [0.1, 0.15) is 18.4 Å².